The molecule has 2 heterocycles. The smallest absolute Gasteiger partial charge is 0.239 e. The van der Waals surface area contributed by atoms with Gasteiger partial charge in [0.1, 0.15) is 5.82 Å². The lowest BCUT2D eigenvalue weighted by molar-refractivity contribution is 0.0253. The van der Waals surface area contributed by atoms with Gasteiger partial charge in [0, 0.05) is 6.54 Å². The van der Waals surface area contributed by atoms with E-state index >= 15 is 0 Å². The van der Waals surface area contributed by atoms with Crippen LogP contribution >= 0.6 is 0 Å². The topological polar surface area (TPSA) is 60.6 Å². The van der Waals surface area contributed by atoms with Gasteiger partial charge in [-0.15, -0.1) is 0 Å². The van der Waals surface area contributed by atoms with Gasteiger partial charge in [0.15, 0.2) is 0 Å². The molecule has 1 aliphatic heterocycles. The Morgan fingerprint density at radius 2 is 2.35 bits per heavy atom. The van der Waals surface area contributed by atoms with Crippen LogP contribution < -0.4 is 15.4 Å². The van der Waals surface area contributed by atoms with E-state index in [-0.39, 0.29) is 0 Å². The third kappa shape index (κ3) is 2.54. The number of nitrogen functional groups attached to an aromatic ring is 1. The third-order valence-corrected chi connectivity index (χ3v) is 4.09. The van der Waals surface area contributed by atoms with Crippen LogP contribution in [0.3, 0.4) is 0 Å². The minimum absolute atomic E-state index is 0.364. The van der Waals surface area contributed by atoms with E-state index < -0.39 is 0 Å². The Balaban J connectivity index is 1.81. The fourth-order valence-corrected chi connectivity index (χ4v) is 3.13. The Labute approximate surface area is 120 Å². The Bertz CT molecular complexity index is 466. The molecule has 0 bridgehead atoms. The highest BCUT2D eigenvalue weighted by atomic mass is 16.5. The predicted octanol–water partition coefficient (Wildman–Crippen LogP) is 2.21. The van der Waals surface area contributed by atoms with Crippen LogP contribution in [0.25, 0.3) is 0 Å². The number of nitrogens with two attached hydrogens (primary N) is 1. The fourth-order valence-electron chi connectivity index (χ4n) is 3.13. The maximum atomic E-state index is 5.94. The van der Waals surface area contributed by atoms with Crippen molar-refractivity contribution in [1.29, 1.82) is 0 Å². The van der Waals surface area contributed by atoms with Gasteiger partial charge >= 0.3 is 0 Å². The second-order valence-electron chi connectivity index (χ2n) is 5.51. The molecule has 2 fully saturated rings. The van der Waals surface area contributed by atoms with Gasteiger partial charge in [-0.1, -0.05) is 6.92 Å². The number of morpholine rings is 1. The second kappa shape index (κ2) is 5.87. The molecule has 0 aromatic carbocycles. The van der Waals surface area contributed by atoms with E-state index in [0.717, 1.165) is 31.8 Å². The van der Waals surface area contributed by atoms with E-state index in [1.54, 1.807) is 0 Å². The summed E-state index contributed by atoms with van der Waals surface area (Å²) in [5, 5.41) is 0. The van der Waals surface area contributed by atoms with Crippen LogP contribution in [-0.4, -0.2) is 36.9 Å². The summed E-state index contributed by atoms with van der Waals surface area (Å²) in [6.07, 6.45) is 4.90. The molecule has 1 aromatic rings. The summed E-state index contributed by atoms with van der Waals surface area (Å²) in [6, 6.07) is 4.35. The van der Waals surface area contributed by atoms with Gasteiger partial charge in [0.2, 0.25) is 5.88 Å². The lowest BCUT2D eigenvalue weighted by Gasteiger charge is -2.38. The van der Waals surface area contributed by atoms with Gasteiger partial charge < -0.3 is 20.1 Å². The molecule has 0 radical (unpaired) electrons. The van der Waals surface area contributed by atoms with Gasteiger partial charge in [-0.2, -0.15) is 4.98 Å². The zero-order valence-electron chi connectivity index (χ0n) is 12.0. The van der Waals surface area contributed by atoms with Crippen molar-refractivity contribution in [2.75, 3.05) is 30.4 Å². The van der Waals surface area contributed by atoms with Gasteiger partial charge in [0.25, 0.3) is 0 Å². The summed E-state index contributed by atoms with van der Waals surface area (Å²) in [7, 11) is 0. The standard InChI is InChI=1S/C15H23N3O2/c1-2-9-20-15-11(16)6-7-14(17-15)18-8-10-19-13-5-3-4-12(13)18/h6-7,12-13H,2-5,8-10,16H2,1H3. The molecular formula is C15H23N3O2. The summed E-state index contributed by atoms with van der Waals surface area (Å²) in [5.74, 6) is 1.52. The zero-order valence-corrected chi connectivity index (χ0v) is 12.0. The highest BCUT2D eigenvalue weighted by Crippen LogP contribution is 2.33. The molecule has 1 aromatic heterocycles. The molecule has 1 saturated heterocycles. The fraction of sp³-hybridized carbons (Fsp3) is 0.667. The molecule has 1 aliphatic carbocycles. The molecule has 20 heavy (non-hydrogen) atoms. The van der Waals surface area contributed by atoms with Crippen LogP contribution in [0.1, 0.15) is 32.6 Å². The predicted molar refractivity (Wildman–Crippen MR) is 79.2 cm³/mol. The molecular weight excluding hydrogens is 254 g/mol. The Kier molecular flexibility index (Phi) is 3.96. The summed E-state index contributed by atoms with van der Waals surface area (Å²) in [4.78, 5) is 6.98. The minimum atomic E-state index is 0.364. The summed E-state index contributed by atoms with van der Waals surface area (Å²) in [6.45, 7) is 4.39. The van der Waals surface area contributed by atoms with Crippen molar-refractivity contribution >= 4 is 11.5 Å². The molecule has 1 saturated carbocycles. The first kappa shape index (κ1) is 13.5. The zero-order chi connectivity index (χ0) is 13.9. The number of hydrogen-bond donors (Lipinski definition) is 1. The summed E-state index contributed by atoms with van der Waals surface area (Å²) < 4.78 is 11.5. The molecule has 3 rings (SSSR count). The number of pyridine rings is 1. The van der Waals surface area contributed by atoms with E-state index in [0.29, 0.717) is 30.3 Å². The largest absolute Gasteiger partial charge is 0.476 e. The van der Waals surface area contributed by atoms with Gasteiger partial charge in [0.05, 0.1) is 31.0 Å². The number of aromatic nitrogens is 1. The lowest BCUT2D eigenvalue weighted by atomic mass is 10.1. The average Bonchev–Trinajstić information content (AvgIpc) is 2.95. The van der Waals surface area contributed by atoms with E-state index in [1.165, 1.54) is 12.8 Å². The van der Waals surface area contributed by atoms with Crippen LogP contribution in [-0.2, 0) is 4.74 Å². The van der Waals surface area contributed by atoms with Crippen LogP contribution in [0.15, 0.2) is 12.1 Å². The maximum absolute atomic E-state index is 5.94. The molecule has 5 nitrogen and oxygen atoms in total. The SMILES string of the molecule is CCCOc1nc(N2CCOC3CCCC32)ccc1N. The van der Waals surface area contributed by atoms with Crippen molar-refractivity contribution in [3.05, 3.63) is 12.1 Å². The van der Waals surface area contributed by atoms with Crippen molar-refractivity contribution < 1.29 is 9.47 Å². The molecule has 110 valence electrons. The van der Waals surface area contributed by atoms with E-state index in [1.807, 2.05) is 12.1 Å². The lowest BCUT2D eigenvalue weighted by Crippen LogP contribution is -2.49. The van der Waals surface area contributed by atoms with E-state index in [2.05, 4.69) is 16.8 Å². The molecule has 0 spiro atoms. The van der Waals surface area contributed by atoms with Gasteiger partial charge in [-0.3, -0.25) is 0 Å². The van der Waals surface area contributed by atoms with Crippen LogP contribution in [0.5, 0.6) is 5.88 Å². The number of nitrogens with zero attached hydrogens (tertiary/aromatic N) is 2. The Hall–Kier alpha value is -1.49. The number of rotatable bonds is 4. The first-order chi connectivity index (χ1) is 9.79. The van der Waals surface area contributed by atoms with Gasteiger partial charge in [-0.25, -0.2) is 0 Å². The molecule has 5 heteroatoms. The Morgan fingerprint density at radius 1 is 1.45 bits per heavy atom. The number of fused-ring (bicyclic) bond motifs is 1. The van der Waals surface area contributed by atoms with Crippen LogP contribution in [0, 0.1) is 0 Å². The second-order valence-corrected chi connectivity index (χ2v) is 5.51. The average molecular weight is 277 g/mol. The molecule has 0 amide bonds. The number of hydrogen-bond acceptors (Lipinski definition) is 5. The molecule has 2 unspecified atom stereocenters. The van der Waals surface area contributed by atoms with Crippen molar-refractivity contribution in [2.24, 2.45) is 0 Å². The molecule has 2 aliphatic rings. The Morgan fingerprint density at radius 3 is 3.20 bits per heavy atom. The van der Waals surface area contributed by atoms with Crippen molar-refractivity contribution in [3.8, 4) is 5.88 Å². The summed E-state index contributed by atoms with van der Waals surface area (Å²) in [5.41, 5.74) is 6.55. The van der Waals surface area contributed by atoms with Crippen LogP contribution in [0.2, 0.25) is 0 Å². The first-order valence-corrected chi connectivity index (χ1v) is 7.57. The third-order valence-electron chi connectivity index (χ3n) is 4.09. The van der Waals surface area contributed by atoms with Crippen molar-refractivity contribution in [1.82, 2.24) is 4.98 Å². The van der Waals surface area contributed by atoms with E-state index in [9.17, 15) is 0 Å². The summed E-state index contributed by atoms with van der Waals surface area (Å²) >= 11 is 0. The quantitative estimate of drug-likeness (QED) is 0.914. The molecule has 2 atom stereocenters. The minimum Gasteiger partial charge on any atom is -0.476 e. The van der Waals surface area contributed by atoms with Crippen molar-refractivity contribution in [2.45, 2.75) is 44.8 Å². The first-order valence-electron chi connectivity index (χ1n) is 7.57. The number of anilines is 2. The highest BCUT2D eigenvalue weighted by molar-refractivity contribution is 5.55. The maximum Gasteiger partial charge on any atom is 0.239 e. The number of ether oxygens (including phenoxy) is 2. The van der Waals surface area contributed by atoms with Gasteiger partial charge in [-0.05, 0) is 37.8 Å². The molecule has 2 N–H and O–H groups in total. The van der Waals surface area contributed by atoms with E-state index in [4.69, 9.17) is 15.2 Å². The highest BCUT2D eigenvalue weighted by Gasteiger charge is 2.36. The van der Waals surface area contributed by atoms with Crippen LogP contribution in [0.4, 0.5) is 11.5 Å². The van der Waals surface area contributed by atoms with Crippen molar-refractivity contribution in [3.63, 3.8) is 0 Å². The normalized spacial score (nSPS) is 25.6. The monoisotopic (exact) mass is 277 g/mol.